The summed E-state index contributed by atoms with van der Waals surface area (Å²) >= 11 is 0. The van der Waals surface area contributed by atoms with Crippen LogP contribution >= 0.6 is 0 Å². The monoisotopic (exact) mass is 209 g/mol. The van der Waals surface area contributed by atoms with E-state index in [1.54, 1.807) is 0 Å². The zero-order chi connectivity index (χ0) is 10.8. The van der Waals surface area contributed by atoms with Crippen LogP contribution in [-0.4, -0.2) is 6.54 Å². The first-order chi connectivity index (χ1) is 7.95. The first-order valence-corrected chi connectivity index (χ1v) is 5.86. The van der Waals surface area contributed by atoms with Crippen LogP contribution in [0.15, 0.2) is 54.7 Å². The lowest BCUT2D eigenvalue weighted by atomic mass is 10.1. The van der Waals surface area contributed by atoms with Gasteiger partial charge in [0, 0.05) is 23.8 Å². The topological polar surface area (TPSA) is 3.24 Å². The molecule has 0 N–H and O–H groups in total. The van der Waals surface area contributed by atoms with E-state index in [1.807, 2.05) is 0 Å². The largest absolute Gasteiger partial charge is 0.348 e. The number of allylic oxidation sites excluding steroid dienone is 1. The molecule has 0 aliphatic carbocycles. The van der Waals surface area contributed by atoms with Crippen LogP contribution in [0.25, 0.3) is 10.8 Å². The Kier molecular flexibility index (Phi) is 2.37. The molecule has 80 valence electrons. The predicted molar refractivity (Wildman–Crippen MR) is 69.7 cm³/mol. The van der Waals surface area contributed by atoms with E-state index in [2.05, 4.69) is 59.6 Å². The average Bonchev–Trinajstić information content (AvgIpc) is 2.39. The smallest absolute Gasteiger partial charge is 0.0485 e. The highest BCUT2D eigenvalue weighted by molar-refractivity contribution is 5.94. The highest BCUT2D eigenvalue weighted by Crippen LogP contribution is 2.28. The standard InChI is InChI=1S/C15H15N/c1-4-11-16(12-5-1)15-10-6-8-13-7-2-3-9-14(13)15/h2-4,6-11H,1,5,12H2. The van der Waals surface area contributed by atoms with Gasteiger partial charge in [-0.25, -0.2) is 0 Å². The molecular weight excluding hydrogens is 194 g/mol. The Morgan fingerprint density at radius 1 is 0.938 bits per heavy atom. The van der Waals surface area contributed by atoms with Crippen molar-refractivity contribution in [3.8, 4) is 0 Å². The van der Waals surface area contributed by atoms with Crippen LogP contribution in [0.2, 0.25) is 0 Å². The molecule has 1 nitrogen and oxygen atoms in total. The Bertz CT molecular complexity index is 522. The molecule has 0 saturated carbocycles. The normalized spacial score (nSPS) is 15.6. The molecule has 0 saturated heterocycles. The van der Waals surface area contributed by atoms with Crippen molar-refractivity contribution in [3.63, 3.8) is 0 Å². The Hall–Kier alpha value is -1.76. The van der Waals surface area contributed by atoms with Crippen LogP contribution in [0.3, 0.4) is 0 Å². The molecule has 0 fully saturated rings. The Morgan fingerprint density at radius 2 is 1.81 bits per heavy atom. The first-order valence-electron chi connectivity index (χ1n) is 5.86. The summed E-state index contributed by atoms with van der Waals surface area (Å²) in [6.07, 6.45) is 6.93. The zero-order valence-electron chi connectivity index (χ0n) is 9.26. The number of hydrogen-bond donors (Lipinski definition) is 0. The number of fused-ring (bicyclic) bond motifs is 1. The molecule has 0 amide bonds. The van der Waals surface area contributed by atoms with Crippen molar-refractivity contribution in [3.05, 3.63) is 54.7 Å². The predicted octanol–water partition coefficient (Wildman–Crippen LogP) is 3.95. The van der Waals surface area contributed by atoms with Gasteiger partial charge < -0.3 is 4.90 Å². The Labute approximate surface area is 96.0 Å². The quantitative estimate of drug-likeness (QED) is 0.687. The van der Waals surface area contributed by atoms with E-state index in [0.717, 1.165) is 6.54 Å². The number of nitrogens with zero attached hydrogens (tertiary/aromatic N) is 1. The molecule has 0 unspecified atom stereocenters. The van der Waals surface area contributed by atoms with Crippen molar-refractivity contribution in [2.75, 3.05) is 11.4 Å². The van der Waals surface area contributed by atoms with Gasteiger partial charge in [0.15, 0.2) is 0 Å². The van der Waals surface area contributed by atoms with Gasteiger partial charge in [-0.05, 0) is 24.3 Å². The molecule has 0 aromatic heterocycles. The van der Waals surface area contributed by atoms with E-state index in [0.29, 0.717) is 0 Å². The minimum Gasteiger partial charge on any atom is -0.348 e. The summed E-state index contributed by atoms with van der Waals surface area (Å²) in [4.78, 5) is 2.35. The van der Waals surface area contributed by atoms with Gasteiger partial charge in [0.1, 0.15) is 0 Å². The average molecular weight is 209 g/mol. The molecule has 0 radical (unpaired) electrons. The van der Waals surface area contributed by atoms with Crippen molar-refractivity contribution in [2.45, 2.75) is 12.8 Å². The third-order valence-electron chi connectivity index (χ3n) is 3.13. The molecule has 0 spiro atoms. The van der Waals surface area contributed by atoms with Crippen LogP contribution in [0.5, 0.6) is 0 Å². The Balaban J connectivity index is 2.15. The summed E-state index contributed by atoms with van der Waals surface area (Å²) in [5.41, 5.74) is 1.33. The maximum Gasteiger partial charge on any atom is 0.0485 e. The molecule has 1 aliphatic heterocycles. The van der Waals surface area contributed by atoms with Gasteiger partial charge in [-0.15, -0.1) is 0 Å². The lowest BCUT2D eigenvalue weighted by Crippen LogP contribution is -2.20. The van der Waals surface area contributed by atoms with Gasteiger partial charge in [0.2, 0.25) is 0 Å². The molecule has 1 aliphatic rings. The van der Waals surface area contributed by atoms with Crippen molar-refractivity contribution in [1.82, 2.24) is 0 Å². The summed E-state index contributed by atoms with van der Waals surface area (Å²) < 4.78 is 0. The molecule has 2 aromatic carbocycles. The minimum absolute atomic E-state index is 1.13. The second kappa shape index (κ2) is 4.01. The lowest BCUT2D eigenvalue weighted by molar-refractivity contribution is 0.788. The van der Waals surface area contributed by atoms with Crippen molar-refractivity contribution >= 4 is 16.5 Å². The van der Waals surface area contributed by atoms with Crippen LogP contribution < -0.4 is 4.90 Å². The molecule has 3 rings (SSSR count). The summed E-state index contributed by atoms with van der Waals surface area (Å²) in [7, 11) is 0. The van der Waals surface area contributed by atoms with Gasteiger partial charge >= 0.3 is 0 Å². The van der Waals surface area contributed by atoms with Crippen LogP contribution in [-0.2, 0) is 0 Å². The molecular formula is C15H15N. The third kappa shape index (κ3) is 1.58. The fourth-order valence-electron chi connectivity index (χ4n) is 2.32. The van der Waals surface area contributed by atoms with Crippen molar-refractivity contribution in [2.24, 2.45) is 0 Å². The number of hydrogen-bond acceptors (Lipinski definition) is 1. The van der Waals surface area contributed by atoms with Gasteiger partial charge in [-0.1, -0.05) is 42.5 Å². The second-order valence-corrected chi connectivity index (χ2v) is 4.22. The third-order valence-corrected chi connectivity index (χ3v) is 3.13. The molecule has 0 bridgehead atoms. The van der Waals surface area contributed by atoms with E-state index in [-0.39, 0.29) is 0 Å². The molecule has 0 atom stereocenters. The number of anilines is 1. The molecule has 16 heavy (non-hydrogen) atoms. The van der Waals surface area contributed by atoms with Gasteiger partial charge in [0.25, 0.3) is 0 Å². The van der Waals surface area contributed by atoms with Crippen LogP contribution in [0.4, 0.5) is 5.69 Å². The summed E-state index contributed by atoms with van der Waals surface area (Å²) in [6, 6.07) is 15.1. The van der Waals surface area contributed by atoms with Gasteiger partial charge in [-0.2, -0.15) is 0 Å². The SMILES string of the molecule is C1=CN(c2cccc3ccccc23)CCC1. The number of benzene rings is 2. The fraction of sp³-hybridized carbons (Fsp3) is 0.200. The van der Waals surface area contributed by atoms with E-state index in [4.69, 9.17) is 0 Å². The van der Waals surface area contributed by atoms with E-state index < -0.39 is 0 Å². The van der Waals surface area contributed by atoms with Crippen LogP contribution in [0, 0.1) is 0 Å². The van der Waals surface area contributed by atoms with Gasteiger partial charge in [0.05, 0.1) is 0 Å². The fourth-order valence-corrected chi connectivity index (χ4v) is 2.32. The maximum absolute atomic E-state index is 2.35. The van der Waals surface area contributed by atoms with Gasteiger partial charge in [-0.3, -0.25) is 0 Å². The number of rotatable bonds is 1. The minimum atomic E-state index is 1.13. The van der Waals surface area contributed by atoms with Crippen LogP contribution in [0.1, 0.15) is 12.8 Å². The molecule has 1 heteroatoms. The summed E-state index contributed by atoms with van der Waals surface area (Å²) in [5, 5.41) is 2.66. The highest BCUT2D eigenvalue weighted by Gasteiger charge is 2.08. The van der Waals surface area contributed by atoms with E-state index >= 15 is 0 Å². The maximum atomic E-state index is 2.35. The zero-order valence-corrected chi connectivity index (χ0v) is 9.26. The first kappa shape index (κ1) is 9.46. The van der Waals surface area contributed by atoms with Crippen molar-refractivity contribution in [1.29, 1.82) is 0 Å². The Morgan fingerprint density at radius 3 is 2.69 bits per heavy atom. The van der Waals surface area contributed by atoms with Crippen molar-refractivity contribution < 1.29 is 0 Å². The summed E-state index contributed by atoms with van der Waals surface area (Å²) in [6.45, 7) is 1.13. The molecule has 2 aromatic rings. The molecule has 1 heterocycles. The van der Waals surface area contributed by atoms with E-state index in [1.165, 1.54) is 29.3 Å². The summed E-state index contributed by atoms with van der Waals surface area (Å²) in [5.74, 6) is 0. The van der Waals surface area contributed by atoms with E-state index in [9.17, 15) is 0 Å². The second-order valence-electron chi connectivity index (χ2n) is 4.22. The highest BCUT2D eigenvalue weighted by atomic mass is 15.1. The lowest BCUT2D eigenvalue weighted by Gasteiger charge is -2.24.